The Kier molecular flexibility index (Phi) is 4.52. The molecule has 0 amide bonds. The van der Waals surface area contributed by atoms with Gasteiger partial charge in [0.05, 0.1) is 5.69 Å². The molecule has 18 heavy (non-hydrogen) atoms. The molecule has 0 aliphatic heterocycles. The normalized spacial score (nSPS) is 10.4. The molecule has 7 heteroatoms. The number of benzene rings is 1. The number of aromatic nitrogens is 2. The van der Waals surface area contributed by atoms with Gasteiger partial charge in [-0.2, -0.15) is 0 Å². The van der Waals surface area contributed by atoms with Gasteiger partial charge in [-0.1, -0.05) is 23.4 Å². The standard InChI is InChI=1S/C11H10ClIN4S/c1-18-11-16-9(14)5-10(17-11)15-8-3-2-6(12)4-7(8)13/h2-5H,1H3,(H3,14,15,16,17). The molecule has 0 aliphatic rings. The van der Waals surface area contributed by atoms with Crippen LogP contribution in [0.15, 0.2) is 29.4 Å². The third-order valence-corrected chi connectivity index (χ3v) is 3.78. The Morgan fingerprint density at radius 3 is 2.78 bits per heavy atom. The lowest BCUT2D eigenvalue weighted by Crippen LogP contribution is -2.01. The summed E-state index contributed by atoms with van der Waals surface area (Å²) in [5.74, 6) is 1.12. The highest BCUT2D eigenvalue weighted by Gasteiger charge is 2.05. The van der Waals surface area contributed by atoms with Crippen LogP contribution in [0.1, 0.15) is 0 Å². The summed E-state index contributed by atoms with van der Waals surface area (Å²) in [6, 6.07) is 7.31. The van der Waals surface area contributed by atoms with Crippen molar-refractivity contribution in [2.24, 2.45) is 0 Å². The van der Waals surface area contributed by atoms with Gasteiger partial charge in [0, 0.05) is 14.7 Å². The van der Waals surface area contributed by atoms with Gasteiger partial charge in [0.25, 0.3) is 0 Å². The molecule has 0 saturated heterocycles. The van der Waals surface area contributed by atoms with Crippen molar-refractivity contribution in [3.8, 4) is 0 Å². The lowest BCUT2D eigenvalue weighted by molar-refractivity contribution is 0.984. The van der Waals surface area contributed by atoms with Gasteiger partial charge < -0.3 is 11.1 Å². The minimum absolute atomic E-state index is 0.445. The third kappa shape index (κ3) is 3.39. The number of nitrogen functional groups attached to an aromatic ring is 1. The van der Waals surface area contributed by atoms with Gasteiger partial charge in [0.2, 0.25) is 0 Å². The molecule has 0 atom stereocenters. The Morgan fingerprint density at radius 2 is 2.11 bits per heavy atom. The number of nitrogens with one attached hydrogen (secondary N) is 1. The largest absolute Gasteiger partial charge is 0.383 e. The number of anilines is 3. The molecule has 94 valence electrons. The summed E-state index contributed by atoms with van der Waals surface area (Å²) >= 11 is 9.57. The molecule has 1 aromatic carbocycles. The van der Waals surface area contributed by atoms with Crippen LogP contribution in [0.25, 0.3) is 0 Å². The van der Waals surface area contributed by atoms with Gasteiger partial charge in [0.1, 0.15) is 11.6 Å². The van der Waals surface area contributed by atoms with Crippen LogP contribution in [-0.2, 0) is 0 Å². The topological polar surface area (TPSA) is 63.8 Å². The number of rotatable bonds is 3. The maximum atomic E-state index is 5.91. The lowest BCUT2D eigenvalue weighted by Gasteiger charge is -2.09. The zero-order valence-corrected chi connectivity index (χ0v) is 13.2. The van der Waals surface area contributed by atoms with Crippen molar-refractivity contribution in [2.45, 2.75) is 5.16 Å². The summed E-state index contributed by atoms with van der Waals surface area (Å²) < 4.78 is 1.02. The molecule has 0 saturated carbocycles. The van der Waals surface area contributed by atoms with E-state index in [-0.39, 0.29) is 0 Å². The Balaban J connectivity index is 2.30. The van der Waals surface area contributed by atoms with Crippen LogP contribution in [0, 0.1) is 3.57 Å². The zero-order chi connectivity index (χ0) is 13.1. The van der Waals surface area contributed by atoms with E-state index in [2.05, 4.69) is 37.9 Å². The van der Waals surface area contributed by atoms with Crippen LogP contribution in [-0.4, -0.2) is 16.2 Å². The fourth-order valence-electron chi connectivity index (χ4n) is 1.33. The highest BCUT2D eigenvalue weighted by Crippen LogP contribution is 2.26. The second-order valence-corrected chi connectivity index (χ2v) is 5.79. The van der Waals surface area contributed by atoms with Crippen LogP contribution < -0.4 is 11.1 Å². The van der Waals surface area contributed by atoms with Crippen molar-refractivity contribution < 1.29 is 0 Å². The molecule has 0 bridgehead atoms. The minimum Gasteiger partial charge on any atom is -0.383 e. The zero-order valence-electron chi connectivity index (χ0n) is 9.45. The van der Waals surface area contributed by atoms with Crippen molar-refractivity contribution in [1.82, 2.24) is 9.97 Å². The number of thioether (sulfide) groups is 1. The molecule has 0 spiro atoms. The van der Waals surface area contributed by atoms with E-state index < -0.39 is 0 Å². The van der Waals surface area contributed by atoms with Gasteiger partial charge in [-0.3, -0.25) is 0 Å². The minimum atomic E-state index is 0.445. The first-order valence-electron chi connectivity index (χ1n) is 4.99. The second-order valence-electron chi connectivity index (χ2n) is 3.41. The van der Waals surface area contributed by atoms with Crippen molar-refractivity contribution in [2.75, 3.05) is 17.3 Å². The smallest absolute Gasteiger partial charge is 0.191 e. The monoisotopic (exact) mass is 392 g/mol. The quantitative estimate of drug-likeness (QED) is 0.473. The number of halogens is 2. The molecule has 0 aliphatic carbocycles. The predicted octanol–water partition coefficient (Wildman–Crippen LogP) is 3.78. The molecule has 0 unspecified atom stereocenters. The summed E-state index contributed by atoms with van der Waals surface area (Å²) in [6.45, 7) is 0. The molecule has 3 N–H and O–H groups in total. The number of hydrogen-bond acceptors (Lipinski definition) is 5. The van der Waals surface area contributed by atoms with E-state index in [0.717, 1.165) is 9.26 Å². The first kappa shape index (κ1) is 13.7. The van der Waals surface area contributed by atoms with Gasteiger partial charge in [-0.15, -0.1) is 0 Å². The SMILES string of the molecule is CSc1nc(N)cc(Nc2ccc(Cl)cc2I)n1. The van der Waals surface area contributed by atoms with E-state index in [9.17, 15) is 0 Å². The van der Waals surface area contributed by atoms with E-state index in [1.54, 1.807) is 6.07 Å². The molecule has 1 heterocycles. The maximum absolute atomic E-state index is 5.91. The van der Waals surface area contributed by atoms with Gasteiger partial charge in [-0.05, 0) is 47.0 Å². The lowest BCUT2D eigenvalue weighted by atomic mass is 10.3. The van der Waals surface area contributed by atoms with Crippen molar-refractivity contribution >= 4 is 63.3 Å². The molecular weight excluding hydrogens is 383 g/mol. The maximum Gasteiger partial charge on any atom is 0.191 e. The summed E-state index contributed by atoms with van der Waals surface area (Å²) in [4.78, 5) is 8.43. The van der Waals surface area contributed by atoms with E-state index >= 15 is 0 Å². The fourth-order valence-corrected chi connectivity index (χ4v) is 2.72. The first-order valence-corrected chi connectivity index (χ1v) is 7.67. The molecule has 1 aromatic heterocycles. The van der Waals surface area contributed by atoms with Crippen LogP contribution in [0.3, 0.4) is 0 Å². The summed E-state index contributed by atoms with van der Waals surface area (Å²) in [7, 11) is 0. The molecule has 4 nitrogen and oxygen atoms in total. The third-order valence-electron chi connectivity index (χ3n) is 2.10. The Labute approximate surface area is 128 Å². The summed E-state index contributed by atoms with van der Waals surface area (Å²) in [6.07, 6.45) is 1.91. The number of hydrogen-bond donors (Lipinski definition) is 2. The predicted molar refractivity (Wildman–Crippen MR) is 85.7 cm³/mol. The van der Waals surface area contributed by atoms with Gasteiger partial charge >= 0.3 is 0 Å². The van der Waals surface area contributed by atoms with Crippen molar-refractivity contribution in [3.05, 3.63) is 32.9 Å². The van der Waals surface area contributed by atoms with E-state index in [0.29, 0.717) is 21.8 Å². The van der Waals surface area contributed by atoms with E-state index in [4.69, 9.17) is 17.3 Å². The van der Waals surface area contributed by atoms with Crippen molar-refractivity contribution in [3.63, 3.8) is 0 Å². The van der Waals surface area contributed by atoms with Crippen molar-refractivity contribution in [1.29, 1.82) is 0 Å². The number of nitrogens with zero attached hydrogens (tertiary/aromatic N) is 2. The van der Waals surface area contributed by atoms with Crippen LogP contribution in [0.4, 0.5) is 17.3 Å². The van der Waals surface area contributed by atoms with Crippen LogP contribution >= 0.6 is 46.0 Å². The number of nitrogens with two attached hydrogens (primary N) is 1. The average molecular weight is 393 g/mol. The van der Waals surface area contributed by atoms with Gasteiger partial charge in [-0.25, -0.2) is 9.97 Å². The Hall–Kier alpha value is -0.730. The molecule has 2 rings (SSSR count). The Morgan fingerprint density at radius 1 is 1.33 bits per heavy atom. The fraction of sp³-hybridized carbons (Fsp3) is 0.0909. The molecule has 0 fully saturated rings. The van der Waals surface area contributed by atoms with Crippen LogP contribution in [0.2, 0.25) is 5.02 Å². The first-order chi connectivity index (χ1) is 8.58. The van der Waals surface area contributed by atoms with E-state index in [1.807, 2.05) is 24.5 Å². The summed E-state index contributed by atoms with van der Waals surface area (Å²) in [5.41, 5.74) is 6.66. The second kappa shape index (κ2) is 5.94. The van der Waals surface area contributed by atoms with Crippen LogP contribution in [0.5, 0.6) is 0 Å². The highest BCUT2D eigenvalue weighted by molar-refractivity contribution is 14.1. The highest BCUT2D eigenvalue weighted by atomic mass is 127. The molecule has 0 radical (unpaired) electrons. The molecule has 2 aromatic rings. The van der Waals surface area contributed by atoms with E-state index in [1.165, 1.54) is 11.8 Å². The summed E-state index contributed by atoms with van der Waals surface area (Å²) in [5, 5.41) is 4.55. The average Bonchev–Trinajstić information content (AvgIpc) is 2.32. The Bertz CT molecular complexity index is 579. The van der Waals surface area contributed by atoms with Gasteiger partial charge in [0.15, 0.2) is 5.16 Å². The molecular formula is C11H10ClIN4S.